The molecule has 112 valence electrons. The smallest absolute Gasteiger partial charge is 0.311 e. The Kier molecular flexibility index (Phi) is 3.37. The number of nitrogens with zero attached hydrogens (tertiary/aromatic N) is 4. The van der Waals surface area contributed by atoms with Crippen molar-refractivity contribution in [1.29, 1.82) is 0 Å². The van der Waals surface area contributed by atoms with E-state index in [1.807, 2.05) is 7.05 Å². The fourth-order valence-corrected chi connectivity index (χ4v) is 2.78. The summed E-state index contributed by atoms with van der Waals surface area (Å²) in [5.74, 6) is -0.782. The van der Waals surface area contributed by atoms with E-state index in [0.717, 1.165) is 13.1 Å². The van der Waals surface area contributed by atoms with Crippen molar-refractivity contribution in [1.82, 2.24) is 19.9 Å². The maximum absolute atomic E-state index is 13.2. The Morgan fingerprint density at radius 2 is 1.85 bits per heavy atom. The molecule has 20 heavy (non-hydrogen) atoms. The van der Waals surface area contributed by atoms with E-state index in [1.54, 1.807) is 5.01 Å². The topological polar surface area (TPSA) is 36.3 Å². The Hall–Kier alpha value is -1.28. The minimum atomic E-state index is -4.42. The van der Waals surface area contributed by atoms with Gasteiger partial charge in [0.15, 0.2) is 0 Å². The van der Waals surface area contributed by atoms with Gasteiger partial charge in [0.1, 0.15) is 0 Å². The molecule has 0 aliphatic carbocycles. The summed E-state index contributed by atoms with van der Waals surface area (Å²) in [5.41, 5.74) is 1.24. The van der Waals surface area contributed by atoms with Crippen LogP contribution >= 0.6 is 0 Å². The molecule has 0 unspecified atom stereocenters. The Labute approximate surface area is 115 Å². The Morgan fingerprint density at radius 3 is 2.50 bits per heavy atom. The zero-order valence-electron chi connectivity index (χ0n) is 11.4. The van der Waals surface area contributed by atoms with Crippen LogP contribution in [0.4, 0.5) is 13.2 Å². The molecule has 0 aromatic carbocycles. The van der Waals surface area contributed by atoms with E-state index in [1.165, 1.54) is 4.68 Å². The summed E-state index contributed by atoms with van der Waals surface area (Å²) in [6, 6.07) is 0. The van der Waals surface area contributed by atoms with Gasteiger partial charge >= 0.3 is 6.18 Å². The van der Waals surface area contributed by atoms with E-state index >= 15 is 0 Å². The van der Waals surface area contributed by atoms with Gasteiger partial charge in [-0.1, -0.05) is 0 Å². The van der Waals surface area contributed by atoms with Gasteiger partial charge in [0.25, 0.3) is 0 Å². The summed E-state index contributed by atoms with van der Waals surface area (Å²) in [6.45, 7) is 3.83. The minimum absolute atomic E-state index is 0.416. The highest BCUT2D eigenvalue weighted by Gasteiger charge is 2.41. The summed E-state index contributed by atoms with van der Waals surface area (Å²) in [6.07, 6.45) is -3.83. The molecule has 0 atom stereocenters. The van der Waals surface area contributed by atoms with Crippen molar-refractivity contribution in [3.8, 4) is 0 Å². The predicted molar refractivity (Wildman–Crippen MR) is 68.1 cm³/mol. The standard InChI is InChI=1S/C12H18F3N5/c1-18-4-6-19(7-5-18)20-10-2-3-16-8-9(10)17-11(20)12(13,14)15/h16H,2-8H2,1H3. The number of piperazine rings is 1. The molecule has 1 aromatic heterocycles. The first-order valence-electron chi connectivity index (χ1n) is 6.79. The summed E-state index contributed by atoms with van der Waals surface area (Å²) in [4.78, 5) is 5.96. The van der Waals surface area contributed by atoms with Crippen molar-refractivity contribution >= 4 is 0 Å². The number of alkyl halides is 3. The number of nitrogens with one attached hydrogen (secondary N) is 1. The van der Waals surface area contributed by atoms with Gasteiger partial charge in [-0.25, -0.2) is 9.66 Å². The number of imidazole rings is 1. The number of hydrogen-bond acceptors (Lipinski definition) is 4. The van der Waals surface area contributed by atoms with Crippen LogP contribution in [0.5, 0.6) is 0 Å². The van der Waals surface area contributed by atoms with Crippen molar-refractivity contribution < 1.29 is 13.2 Å². The molecule has 0 bridgehead atoms. The lowest BCUT2D eigenvalue weighted by molar-refractivity contribution is -0.147. The lowest BCUT2D eigenvalue weighted by atomic mass is 10.2. The average molecular weight is 289 g/mol. The quantitative estimate of drug-likeness (QED) is 0.813. The molecule has 2 aliphatic rings. The first kappa shape index (κ1) is 13.7. The third kappa shape index (κ3) is 2.37. The molecule has 1 fully saturated rings. The van der Waals surface area contributed by atoms with Crippen molar-refractivity contribution in [2.45, 2.75) is 19.1 Å². The molecular formula is C12H18F3N5. The molecule has 0 amide bonds. The molecule has 2 aliphatic heterocycles. The fraction of sp³-hybridized carbons (Fsp3) is 0.750. The number of halogens is 3. The second kappa shape index (κ2) is 4.92. The lowest BCUT2D eigenvalue weighted by Crippen LogP contribution is -2.51. The highest BCUT2D eigenvalue weighted by Crippen LogP contribution is 2.31. The SMILES string of the molecule is CN1CCN(n2c(C(F)(F)F)nc3c2CCNC3)CC1. The maximum Gasteiger partial charge on any atom is 0.451 e. The van der Waals surface area contributed by atoms with Gasteiger partial charge in [-0.3, -0.25) is 0 Å². The van der Waals surface area contributed by atoms with Crippen LogP contribution in [0.25, 0.3) is 0 Å². The van der Waals surface area contributed by atoms with Gasteiger partial charge in [0.2, 0.25) is 5.82 Å². The van der Waals surface area contributed by atoms with Gasteiger partial charge in [-0.05, 0) is 7.05 Å². The summed E-state index contributed by atoms with van der Waals surface area (Å²) < 4.78 is 41.0. The van der Waals surface area contributed by atoms with Crippen molar-refractivity contribution in [2.24, 2.45) is 0 Å². The largest absolute Gasteiger partial charge is 0.451 e. The van der Waals surface area contributed by atoms with E-state index in [2.05, 4.69) is 15.2 Å². The predicted octanol–water partition coefficient (Wildman–Crippen LogP) is 0.431. The molecule has 1 N–H and O–H groups in total. The van der Waals surface area contributed by atoms with Crippen LogP contribution in [0.3, 0.4) is 0 Å². The van der Waals surface area contributed by atoms with Crippen LogP contribution in [0, 0.1) is 0 Å². The molecule has 1 aromatic rings. The van der Waals surface area contributed by atoms with Gasteiger partial charge in [0.05, 0.1) is 11.4 Å². The number of likely N-dealkylation sites (N-methyl/N-ethyl adjacent to an activating group) is 1. The van der Waals surface area contributed by atoms with E-state index < -0.39 is 12.0 Å². The number of fused-ring (bicyclic) bond motifs is 1. The Balaban J connectivity index is 2.00. The second-order valence-corrected chi connectivity index (χ2v) is 5.32. The average Bonchev–Trinajstić information content (AvgIpc) is 2.79. The van der Waals surface area contributed by atoms with Crippen LogP contribution in [0.1, 0.15) is 17.2 Å². The van der Waals surface area contributed by atoms with Crippen molar-refractivity contribution in [3.63, 3.8) is 0 Å². The number of rotatable bonds is 1. The summed E-state index contributed by atoms with van der Waals surface area (Å²) in [5, 5.41) is 4.85. The highest BCUT2D eigenvalue weighted by atomic mass is 19.4. The van der Waals surface area contributed by atoms with E-state index in [4.69, 9.17) is 0 Å². The van der Waals surface area contributed by atoms with Crippen LogP contribution in [0.15, 0.2) is 0 Å². The van der Waals surface area contributed by atoms with Crippen LogP contribution in [-0.4, -0.2) is 54.3 Å². The second-order valence-electron chi connectivity index (χ2n) is 5.32. The zero-order chi connectivity index (χ0) is 14.3. The number of hydrogen-bond donors (Lipinski definition) is 1. The first-order valence-corrected chi connectivity index (χ1v) is 6.79. The molecule has 0 radical (unpaired) electrons. The van der Waals surface area contributed by atoms with Crippen LogP contribution in [0.2, 0.25) is 0 Å². The lowest BCUT2D eigenvalue weighted by Gasteiger charge is -2.36. The van der Waals surface area contributed by atoms with Crippen LogP contribution < -0.4 is 10.3 Å². The van der Waals surface area contributed by atoms with Gasteiger partial charge in [0, 0.05) is 45.7 Å². The molecule has 3 heterocycles. The first-order chi connectivity index (χ1) is 9.47. The van der Waals surface area contributed by atoms with Crippen molar-refractivity contribution in [2.75, 3.05) is 44.8 Å². The Bertz CT molecular complexity index is 488. The highest BCUT2D eigenvalue weighted by molar-refractivity contribution is 5.24. The third-order valence-corrected chi connectivity index (χ3v) is 3.88. The van der Waals surface area contributed by atoms with Crippen LogP contribution in [-0.2, 0) is 19.1 Å². The molecule has 8 heteroatoms. The van der Waals surface area contributed by atoms with E-state index in [9.17, 15) is 13.2 Å². The molecule has 3 rings (SSSR count). The van der Waals surface area contributed by atoms with Gasteiger partial charge in [-0.2, -0.15) is 13.2 Å². The van der Waals surface area contributed by atoms with E-state index in [-0.39, 0.29) is 0 Å². The number of aromatic nitrogens is 2. The molecule has 5 nitrogen and oxygen atoms in total. The Morgan fingerprint density at radius 1 is 1.15 bits per heavy atom. The molecule has 0 spiro atoms. The normalized spacial score (nSPS) is 21.1. The van der Waals surface area contributed by atoms with Gasteiger partial charge < -0.3 is 15.2 Å². The fourth-order valence-electron chi connectivity index (χ4n) is 2.78. The third-order valence-electron chi connectivity index (χ3n) is 3.88. The summed E-state index contributed by atoms with van der Waals surface area (Å²) in [7, 11) is 1.98. The molecule has 0 saturated carbocycles. The zero-order valence-corrected chi connectivity index (χ0v) is 11.4. The summed E-state index contributed by atoms with van der Waals surface area (Å²) >= 11 is 0. The molecular weight excluding hydrogens is 271 g/mol. The maximum atomic E-state index is 13.2. The minimum Gasteiger partial charge on any atom is -0.311 e. The van der Waals surface area contributed by atoms with Crippen molar-refractivity contribution in [3.05, 3.63) is 17.2 Å². The van der Waals surface area contributed by atoms with E-state index in [0.29, 0.717) is 44.0 Å². The van der Waals surface area contributed by atoms with Gasteiger partial charge in [-0.15, -0.1) is 0 Å². The molecule has 1 saturated heterocycles. The monoisotopic (exact) mass is 289 g/mol.